The van der Waals surface area contributed by atoms with E-state index in [1.165, 1.54) is 11.1 Å². The summed E-state index contributed by atoms with van der Waals surface area (Å²) in [4.78, 5) is 16.6. The van der Waals surface area contributed by atoms with Crippen LogP contribution in [0.25, 0.3) is 0 Å². The van der Waals surface area contributed by atoms with Crippen LogP contribution in [-0.2, 0) is 4.79 Å². The monoisotopic (exact) mass is 275 g/mol. The standard InChI is InChI=1S/C16H25N3O/c1-5-14-16(20)19(11-10-18(3)4)15(17-14)13-9-7-6-8-12(13)2/h6-9,14-15,17H,5,10-11H2,1-4H3. The Balaban J connectivity index is 2.24. The smallest absolute Gasteiger partial charge is 0.241 e. The lowest BCUT2D eigenvalue weighted by atomic mass is 10.1. The van der Waals surface area contributed by atoms with Crippen LogP contribution in [0.15, 0.2) is 24.3 Å². The molecule has 0 radical (unpaired) electrons. The van der Waals surface area contributed by atoms with E-state index >= 15 is 0 Å². The van der Waals surface area contributed by atoms with E-state index in [9.17, 15) is 4.79 Å². The number of likely N-dealkylation sites (N-methyl/N-ethyl adjacent to an activating group) is 1. The van der Waals surface area contributed by atoms with Gasteiger partial charge in [-0.1, -0.05) is 31.2 Å². The van der Waals surface area contributed by atoms with E-state index in [4.69, 9.17) is 0 Å². The zero-order valence-corrected chi connectivity index (χ0v) is 12.9. The molecule has 110 valence electrons. The average Bonchev–Trinajstić information content (AvgIpc) is 2.73. The van der Waals surface area contributed by atoms with Crippen molar-refractivity contribution in [3.63, 3.8) is 0 Å². The predicted molar refractivity (Wildman–Crippen MR) is 81.4 cm³/mol. The Hall–Kier alpha value is -1.39. The minimum atomic E-state index is -0.0539. The molecular formula is C16H25N3O. The van der Waals surface area contributed by atoms with Crippen LogP contribution in [0, 0.1) is 6.92 Å². The molecular weight excluding hydrogens is 250 g/mol. The molecule has 1 N–H and O–H groups in total. The summed E-state index contributed by atoms with van der Waals surface area (Å²) in [6.45, 7) is 5.80. The summed E-state index contributed by atoms with van der Waals surface area (Å²) >= 11 is 0. The lowest BCUT2D eigenvalue weighted by molar-refractivity contribution is -0.130. The third-order valence-electron chi connectivity index (χ3n) is 3.93. The van der Waals surface area contributed by atoms with E-state index in [0.29, 0.717) is 0 Å². The second-order valence-electron chi connectivity index (χ2n) is 5.72. The number of rotatable bonds is 5. The zero-order valence-electron chi connectivity index (χ0n) is 12.9. The molecule has 0 saturated carbocycles. The summed E-state index contributed by atoms with van der Waals surface area (Å²) in [7, 11) is 4.07. The van der Waals surface area contributed by atoms with Crippen molar-refractivity contribution in [2.75, 3.05) is 27.2 Å². The molecule has 1 aromatic carbocycles. The van der Waals surface area contributed by atoms with E-state index in [2.05, 4.69) is 36.2 Å². The molecule has 2 atom stereocenters. The van der Waals surface area contributed by atoms with Gasteiger partial charge in [0.1, 0.15) is 6.17 Å². The van der Waals surface area contributed by atoms with E-state index in [0.717, 1.165) is 19.5 Å². The van der Waals surface area contributed by atoms with Crippen LogP contribution in [0.4, 0.5) is 0 Å². The normalized spacial score (nSPS) is 22.9. The average molecular weight is 275 g/mol. The molecule has 2 unspecified atom stereocenters. The van der Waals surface area contributed by atoms with Gasteiger partial charge >= 0.3 is 0 Å². The number of carbonyl (C=O) groups excluding carboxylic acids is 1. The highest BCUT2D eigenvalue weighted by atomic mass is 16.2. The Bertz CT molecular complexity index is 473. The van der Waals surface area contributed by atoms with Crippen LogP contribution in [-0.4, -0.2) is 48.9 Å². The zero-order chi connectivity index (χ0) is 14.7. The van der Waals surface area contributed by atoms with Crippen molar-refractivity contribution < 1.29 is 4.79 Å². The second-order valence-corrected chi connectivity index (χ2v) is 5.72. The van der Waals surface area contributed by atoms with Crippen LogP contribution in [0.5, 0.6) is 0 Å². The maximum atomic E-state index is 12.5. The van der Waals surface area contributed by atoms with Gasteiger partial charge in [0, 0.05) is 13.1 Å². The van der Waals surface area contributed by atoms with Gasteiger partial charge in [0.2, 0.25) is 5.91 Å². The Labute approximate surface area is 121 Å². The Morgan fingerprint density at radius 2 is 2.00 bits per heavy atom. The Kier molecular flexibility index (Phi) is 4.78. The van der Waals surface area contributed by atoms with Crippen molar-refractivity contribution in [3.05, 3.63) is 35.4 Å². The van der Waals surface area contributed by atoms with E-state index in [1.807, 2.05) is 31.1 Å². The van der Waals surface area contributed by atoms with Crippen LogP contribution < -0.4 is 5.32 Å². The predicted octanol–water partition coefficient (Wildman–Crippen LogP) is 1.77. The summed E-state index contributed by atoms with van der Waals surface area (Å²) < 4.78 is 0. The van der Waals surface area contributed by atoms with Crippen molar-refractivity contribution in [3.8, 4) is 0 Å². The van der Waals surface area contributed by atoms with Crippen LogP contribution in [0.3, 0.4) is 0 Å². The minimum Gasteiger partial charge on any atom is -0.320 e. The number of carbonyl (C=O) groups is 1. The number of benzene rings is 1. The number of hydrogen-bond donors (Lipinski definition) is 1. The van der Waals surface area contributed by atoms with E-state index in [1.54, 1.807) is 0 Å². The fourth-order valence-electron chi connectivity index (χ4n) is 2.67. The maximum Gasteiger partial charge on any atom is 0.241 e. The van der Waals surface area contributed by atoms with Gasteiger partial charge < -0.3 is 9.80 Å². The molecule has 4 nitrogen and oxygen atoms in total. The first kappa shape index (κ1) is 15.0. The SMILES string of the molecule is CCC1NC(c2ccccc2C)N(CCN(C)C)C1=O. The summed E-state index contributed by atoms with van der Waals surface area (Å²) in [6.07, 6.45) is 0.841. The maximum absolute atomic E-state index is 12.5. The van der Waals surface area contributed by atoms with Gasteiger partial charge in [-0.05, 0) is 38.6 Å². The molecule has 2 rings (SSSR count). The number of hydrogen-bond acceptors (Lipinski definition) is 3. The third-order valence-corrected chi connectivity index (χ3v) is 3.93. The third kappa shape index (κ3) is 3.02. The molecule has 0 bridgehead atoms. The molecule has 1 saturated heterocycles. The summed E-state index contributed by atoms with van der Waals surface area (Å²) in [5.41, 5.74) is 2.43. The summed E-state index contributed by atoms with van der Waals surface area (Å²) in [6, 6.07) is 8.24. The van der Waals surface area contributed by atoms with E-state index in [-0.39, 0.29) is 18.1 Å². The molecule has 0 spiro atoms. The largest absolute Gasteiger partial charge is 0.320 e. The lowest BCUT2D eigenvalue weighted by Crippen LogP contribution is -2.36. The molecule has 1 aromatic rings. The quantitative estimate of drug-likeness (QED) is 0.889. The van der Waals surface area contributed by atoms with Gasteiger partial charge in [-0.2, -0.15) is 0 Å². The highest BCUT2D eigenvalue weighted by molar-refractivity contribution is 5.84. The van der Waals surface area contributed by atoms with Gasteiger partial charge in [0.25, 0.3) is 0 Å². The molecule has 20 heavy (non-hydrogen) atoms. The lowest BCUT2D eigenvalue weighted by Gasteiger charge is -2.27. The highest BCUT2D eigenvalue weighted by Gasteiger charge is 2.38. The molecule has 0 aromatic heterocycles. The Morgan fingerprint density at radius 3 is 2.60 bits per heavy atom. The summed E-state index contributed by atoms with van der Waals surface area (Å²) in [5.74, 6) is 0.225. The van der Waals surface area contributed by atoms with Gasteiger partial charge in [0.05, 0.1) is 6.04 Å². The highest BCUT2D eigenvalue weighted by Crippen LogP contribution is 2.28. The number of nitrogens with one attached hydrogen (secondary N) is 1. The van der Waals surface area contributed by atoms with Gasteiger partial charge in [-0.15, -0.1) is 0 Å². The van der Waals surface area contributed by atoms with Gasteiger partial charge in [0.15, 0.2) is 0 Å². The fraction of sp³-hybridized carbons (Fsp3) is 0.562. The van der Waals surface area contributed by atoms with Crippen molar-refractivity contribution >= 4 is 5.91 Å². The number of aryl methyl sites for hydroxylation is 1. The van der Waals surface area contributed by atoms with Crippen LogP contribution in [0.1, 0.15) is 30.6 Å². The summed E-state index contributed by atoms with van der Waals surface area (Å²) in [5, 5.41) is 3.48. The topological polar surface area (TPSA) is 35.6 Å². The first-order valence-corrected chi connectivity index (χ1v) is 7.31. The molecule has 1 fully saturated rings. The van der Waals surface area contributed by atoms with Crippen molar-refractivity contribution in [1.82, 2.24) is 15.1 Å². The van der Waals surface area contributed by atoms with Gasteiger partial charge in [-0.3, -0.25) is 10.1 Å². The van der Waals surface area contributed by atoms with Crippen LogP contribution in [0.2, 0.25) is 0 Å². The minimum absolute atomic E-state index is 0.00796. The molecule has 0 aliphatic carbocycles. The van der Waals surface area contributed by atoms with Crippen molar-refractivity contribution in [2.24, 2.45) is 0 Å². The first-order valence-electron chi connectivity index (χ1n) is 7.31. The second kappa shape index (κ2) is 6.37. The Morgan fingerprint density at radius 1 is 1.30 bits per heavy atom. The van der Waals surface area contributed by atoms with Crippen molar-refractivity contribution in [2.45, 2.75) is 32.5 Å². The van der Waals surface area contributed by atoms with Crippen LogP contribution >= 0.6 is 0 Å². The molecule has 1 amide bonds. The molecule has 1 aliphatic rings. The number of amides is 1. The molecule has 1 aliphatic heterocycles. The molecule has 4 heteroatoms. The van der Waals surface area contributed by atoms with Crippen molar-refractivity contribution in [1.29, 1.82) is 0 Å². The van der Waals surface area contributed by atoms with E-state index < -0.39 is 0 Å². The van der Waals surface area contributed by atoms with Gasteiger partial charge in [-0.25, -0.2) is 0 Å². The fourth-order valence-corrected chi connectivity index (χ4v) is 2.67. The first-order chi connectivity index (χ1) is 9.54. The number of nitrogens with zero attached hydrogens (tertiary/aromatic N) is 2. The molecule has 1 heterocycles.